The number of halogens is 1. The molecule has 24 heavy (non-hydrogen) atoms. The van der Waals surface area contributed by atoms with Gasteiger partial charge in [-0.25, -0.2) is 0 Å². The van der Waals surface area contributed by atoms with Gasteiger partial charge in [-0.3, -0.25) is 9.79 Å². The molecule has 0 aromatic rings. The molecule has 0 radical (unpaired) electrons. The Morgan fingerprint density at radius 2 is 1.71 bits per heavy atom. The Hall–Kier alpha value is -0.530. The fourth-order valence-corrected chi connectivity index (χ4v) is 4.10. The number of rotatable bonds is 5. The average Bonchev–Trinajstić information content (AvgIpc) is 3.05. The molecule has 5 nitrogen and oxygen atoms in total. The van der Waals surface area contributed by atoms with Crippen LogP contribution >= 0.6 is 24.0 Å². The van der Waals surface area contributed by atoms with Crippen molar-refractivity contribution in [2.45, 2.75) is 57.8 Å². The zero-order valence-corrected chi connectivity index (χ0v) is 17.9. The van der Waals surface area contributed by atoms with Crippen LogP contribution in [0.3, 0.4) is 0 Å². The van der Waals surface area contributed by atoms with Crippen LogP contribution in [0, 0.1) is 11.3 Å². The van der Waals surface area contributed by atoms with Gasteiger partial charge in [0.25, 0.3) is 0 Å². The van der Waals surface area contributed by atoms with Gasteiger partial charge in [0.2, 0.25) is 5.91 Å². The number of nitrogens with zero attached hydrogens (tertiary/aromatic N) is 2. The molecule has 0 bridgehead atoms. The molecule has 6 heteroatoms. The van der Waals surface area contributed by atoms with Gasteiger partial charge in [0.05, 0.1) is 5.41 Å². The largest absolute Gasteiger partial charge is 0.356 e. The third kappa shape index (κ3) is 5.77. The Morgan fingerprint density at radius 3 is 2.25 bits per heavy atom. The van der Waals surface area contributed by atoms with E-state index in [-0.39, 0.29) is 35.3 Å². The van der Waals surface area contributed by atoms with Gasteiger partial charge in [-0.1, -0.05) is 32.1 Å². The van der Waals surface area contributed by atoms with Gasteiger partial charge >= 0.3 is 0 Å². The lowest BCUT2D eigenvalue weighted by Crippen LogP contribution is -2.49. The maximum absolute atomic E-state index is 12.6. The Morgan fingerprint density at radius 1 is 1.08 bits per heavy atom. The fourth-order valence-electron chi connectivity index (χ4n) is 4.10. The van der Waals surface area contributed by atoms with Gasteiger partial charge in [0.1, 0.15) is 0 Å². The Labute approximate surface area is 164 Å². The summed E-state index contributed by atoms with van der Waals surface area (Å²) >= 11 is 0. The van der Waals surface area contributed by atoms with Gasteiger partial charge in [0.15, 0.2) is 5.96 Å². The van der Waals surface area contributed by atoms with Gasteiger partial charge in [-0.15, -0.1) is 24.0 Å². The zero-order chi connectivity index (χ0) is 16.7. The number of hydrogen-bond donors (Lipinski definition) is 2. The molecular formula is C18H35IN4O. The number of aliphatic imine (C=N–C) groups is 1. The highest BCUT2D eigenvalue weighted by Crippen LogP contribution is 2.38. The summed E-state index contributed by atoms with van der Waals surface area (Å²) in [7, 11) is 5.53. The molecule has 0 unspecified atom stereocenters. The van der Waals surface area contributed by atoms with Crippen LogP contribution in [0.1, 0.15) is 57.8 Å². The van der Waals surface area contributed by atoms with E-state index >= 15 is 0 Å². The van der Waals surface area contributed by atoms with Gasteiger partial charge in [0, 0.05) is 34.2 Å². The molecule has 2 saturated carbocycles. The molecule has 0 spiro atoms. The van der Waals surface area contributed by atoms with Crippen LogP contribution in [0.5, 0.6) is 0 Å². The molecule has 0 saturated heterocycles. The number of amides is 1. The maximum atomic E-state index is 12.6. The minimum absolute atomic E-state index is 0. The van der Waals surface area contributed by atoms with E-state index < -0.39 is 0 Å². The van der Waals surface area contributed by atoms with Crippen molar-refractivity contribution >= 4 is 35.8 Å². The van der Waals surface area contributed by atoms with E-state index in [9.17, 15) is 4.79 Å². The van der Waals surface area contributed by atoms with E-state index in [4.69, 9.17) is 0 Å². The van der Waals surface area contributed by atoms with Gasteiger partial charge in [-0.05, 0) is 31.6 Å². The van der Waals surface area contributed by atoms with Gasteiger partial charge < -0.3 is 15.5 Å². The number of hydrogen-bond acceptors (Lipinski definition) is 2. The number of carbonyl (C=O) groups is 1. The summed E-state index contributed by atoms with van der Waals surface area (Å²) in [5.41, 5.74) is -0.244. The monoisotopic (exact) mass is 450 g/mol. The van der Waals surface area contributed by atoms with Gasteiger partial charge in [-0.2, -0.15) is 0 Å². The molecular weight excluding hydrogens is 415 g/mol. The smallest absolute Gasteiger partial charge is 0.230 e. The van der Waals surface area contributed by atoms with E-state index in [0.29, 0.717) is 6.54 Å². The predicted molar refractivity (Wildman–Crippen MR) is 111 cm³/mol. The molecule has 0 atom stereocenters. The molecule has 140 valence electrons. The number of guanidine groups is 1. The van der Waals surface area contributed by atoms with Crippen molar-refractivity contribution in [3.63, 3.8) is 0 Å². The lowest BCUT2D eigenvalue weighted by atomic mass is 9.84. The summed E-state index contributed by atoms with van der Waals surface area (Å²) in [6.45, 7) is 1.68. The first kappa shape index (κ1) is 21.5. The Balaban J connectivity index is 0.00000288. The summed E-state index contributed by atoms with van der Waals surface area (Å²) in [5, 5.41) is 6.88. The van der Waals surface area contributed by atoms with Crippen molar-refractivity contribution in [3.05, 3.63) is 0 Å². The van der Waals surface area contributed by atoms with Crippen molar-refractivity contribution in [2.75, 3.05) is 34.2 Å². The highest BCUT2D eigenvalue weighted by molar-refractivity contribution is 14.0. The standard InChI is InChI=1S/C18H34N4O.HI/c1-19-17(20-13-15-9-5-4-6-10-15)21-14-18(11-7-8-12-18)16(23)22(2)3;/h15H,4-14H2,1-3H3,(H2,19,20,21);1H. The summed E-state index contributed by atoms with van der Waals surface area (Å²) in [6.07, 6.45) is 11.0. The van der Waals surface area contributed by atoms with Crippen LogP contribution in [0.2, 0.25) is 0 Å². The quantitative estimate of drug-likeness (QED) is 0.385. The SMILES string of the molecule is CN=C(NCC1CCCCC1)NCC1(C(=O)N(C)C)CCCC1.I. The fraction of sp³-hybridized carbons (Fsp3) is 0.889. The second-order valence-corrected chi connectivity index (χ2v) is 7.50. The van der Waals surface area contributed by atoms with Crippen LogP contribution < -0.4 is 10.6 Å². The molecule has 2 aliphatic rings. The normalized spacial score (nSPS) is 21.0. The molecule has 0 aromatic heterocycles. The molecule has 2 aliphatic carbocycles. The topological polar surface area (TPSA) is 56.7 Å². The van der Waals surface area contributed by atoms with Crippen molar-refractivity contribution in [1.29, 1.82) is 0 Å². The first-order valence-corrected chi connectivity index (χ1v) is 9.24. The molecule has 2 N–H and O–H groups in total. The van der Waals surface area contributed by atoms with Crippen LogP contribution in [0.15, 0.2) is 4.99 Å². The maximum Gasteiger partial charge on any atom is 0.230 e. The average molecular weight is 450 g/mol. The van der Waals surface area contributed by atoms with Crippen molar-refractivity contribution < 1.29 is 4.79 Å². The van der Waals surface area contributed by atoms with Crippen LogP contribution in [-0.2, 0) is 4.79 Å². The first-order valence-electron chi connectivity index (χ1n) is 9.24. The molecule has 2 rings (SSSR count). The Kier molecular flexibility index (Phi) is 9.37. The van der Waals surface area contributed by atoms with Crippen LogP contribution in [0.4, 0.5) is 0 Å². The zero-order valence-electron chi connectivity index (χ0n) is 15.6. The number of carbonyl (C=O) groups excluding carboxylic acids is 1. The molecule has 0 aliphatic heterocycles. The van der Waals surface area contributed by atoms with Crippen molar-refractivity contribution in [1.82, 2.24) is 15.5 Å². The third-order valence-electron chi connectivity index (χ3n) is 5.52. The molecule has 2 fully saturated rings. The van der Waals surface area contributed by atoms with E-state index in [1.54, 1.807) is 4.90 Å². The minimum Gasteiger partial charge on any atom is -0.356 e. The van der Waals surface area contributed by atoms with E-state index in [1.165, 1.54) is 32.1 Å². The first-order chi connectivity index (χ1) is 11.1. The summed E-state index contributed by atoms with van der Waals surface area (Å²) < 4.78 is 0. The van der Waals surface area contributed by atoms with E-state index in [2.05, 4.69) is 15.6 Å². The third-order valence-corrected chi connectivity index (χ3v) is 5.52. The van der Waals surface area contributed by atoms with E-state index in [1.807, 2.05) is 21.1 Å². The lowest BCUT2D eigenvalue weighted by Gasteiger charge is -2.31. The Bertz CT molecular complexity index is 413. The van der Waals surface area contributed by atoms with E-state index in [0.717, 1.165) is 44.1 Å². The van der Waals surface area contributed by atoms with Crippen LogP contribution in [-0.4, -0.2) is 51.0 Å². The van der Waals surface area contributed by atoms with Crippen molar-refractivity contribution in [2.24, 2.45) is 16.3 Å². The lowest BCUT2D eigenvalue weighted by molar-refractivity contribution is -0.138. The second kappa shape index (κ2) is 10.5. The molecule has 1 amide bonds. The minimum atomic E-state index is -0.244. The number of nitrogens with one attached hydrogen (secondary N) is 2. The second-order valence-electron chi connectivity index (χ2n) is 7.50. The van der Waals surface area contributed by atoms with Crippen LogP contribution in [0.25, 0.3) is 0 Å². The highest BCUT2D eigenvalue weighted by Gasteiger charge is 2.42. The molecule has 0 heterocycles. The molecule has 0 aromatic carbocycles. The predicted octanol–water partition coefficient (Wildman–Crippen LogP) is 3.00. The summed E-state index contributed by atoms with van der Waals surface area (Å²) in [6, 6.07) is 0. The summed E-state index contributed by atoms with van der Waals surface area (Å²) in [4.78, 5) is 18.7. The highest BCUT2D eigenvalue weighted by atomic mass is 127. The van der Waals surface area contributed by atoms with Crippen molar-refractivity contribution in [3.8, 4) is 0 Å². The summed E-state index contributed by atoms with van der Waals surface area (Å²) in [5.74, 6) is 1.87.